The fourth-order valence-electron chi connectivity index (χ4n) is 2.44. The first-order valence-corrected chi connectivity index (χ1v) is 6.87. The summed E-state index contributed by atoms with van der Waals surface area (Å²) in [6.45, 7) is 8.17. The molecule has 19 heavy (non-hydrogen) atoms. The molecule has 1 aromatic heterocycles. The summed E-state index contributed by atoms with van der Waals surface area (Å²) < 4.78 is 0. The Labute approximate surface area is 118 Å². The topological polar surface area (TPSA) is 59.2 Å². The molecule has 0 aromatic carbocycles. The largest absolute Gasteiger partial charge is 0.397 e. The summed E-state index contributed by atoms with van der Waals surface area (Å²) in [6, 6.07) is 1.60. The number of carbonyl (C=O) groups excluding carboxylic acids is 1. The van der Waals surface area contributed by atoms with Crippen molar-refractivity contribution in [2.75, 3.05) is 18.8 Å². The Hall–Kier alpha value is -1.29. The van der Waals surface area contributed by atoms with Crippen molar-refractivity contribution in [2.24, 2.45) is 11.3 Å². The van der Waals surface area contributed by atoms with Gasteiger partial charge in [-0.05, 0) is 23.8 Å². The third-order valence-electron chi connectivity index (χ3n) is 3.79. The van der Waals surface area contributed by atoms with Gasteiger partial charge >= 0.3 is 0 Å². The van der Waals surface area contributed by atoms with E-state index >= 15 is 0 Å². The zero-order valence-corrected chi connectivity index (χ0v) is 12.4. The first-order chi connectivity index (χ1) is 8.79. The van der Waals surface area contributed by atoms with E-state index in [4.69, 9.17) is 17.3 Å². The second kappa shape index (κ2) is 5.00. The number of hydrogen-bond donors (Lipinski definition) is 1. The summed E-state index contributed by atoms with van der Waals surface area (Å²) in [5.41, 5.74) is 6.74. The third-order valence-corrected chi connectivity index (χ3v) is 4.09. The molecule has 2 rings (SSSR count). The summed E-state index contributed by atoms with van der Waals surface area (Å²) in [6.07, 6.45) is 2.49. The van der Waals surface area contributed by atoms with Gasteiger partial charge in [0.25, 0.3) is 5.91 Å². The average molecular weight is 282 g/mol. The van der Waals surface area contributed by atoms with Crippen molar-refractivity contribution in [3.8, 4) is 0 Å². The average Bonchev–Trinajstić information content (AvgIpc) is 2.80. The summed E-state index contributed by atoms with van der Waals surface area (Å²) in [4.78, 5) is 18.2. The molecule has 0 saturated carbocycles. The molecule has 1 aliphatic heterocycles. The molecule has 4 nitrogen and oxygen atoms in total. The zero-order chi connectivity index (χ0) is 14.2. The van der Waals surface area contributed by atoms with Gasteiger partial charge in [-0.2, -0.15) is 0 Å². The van der Waals surface area contributed by atoms with Crippen LogP contribution in [0.4, 0.5) is 5.69 Å². The Morgan fingerprint density at radius 2 is 2.21 bits per heavy atom. The minimum absolute atomic E-state index is 0.0726. The van der Waals surface area contributed by atoms with E-state index in [0.29, 0.717) is 17.2 Å². The van der Waals surface area contributed by atoms with Crippen molar-refractivity contribution >= 4 is 23.2 Å². The monoisotopic (exact) mass is 281 g/mol. The molecule has 1 amide bonds. The van der Waals surface area contributed by atoms with Crippen LogP contribution in [0.1, 0.15) is 37.6 Å². The Balaban J connectivity index is 2.16. The first kappa shape index (κ1) is 14.1. The maximum absolute atomic E-state index is 12.4. The fraction of sp³-hybridized carbons (Fsp3) is 0.571. The molecule has 0 spiro atoms. The van der Waals surface area contributed by atoms with E-state index in [1.807, 2.05) is 4.90 Å². The minimum atomic E-state index is -0.0726. The second-order valence-electron chi connectivity index (χ2n) is 6.21. The van der Waals surface area contributed by atoms with Crippen LogP contribution in [0.25, 0.3) is 0 Å². The highest BCUT2D eigenvalue weighted by Gasteiger charge is 2.34. The van der Waals surface area contributed by atoms with Crippen molar-refractivity contribution in [2.45, 2.75) is 27.2 Å². The number of nitrogens with zero attached hydrogens (tertiary/aromatic N) is 2. The number of nitrogens with two attached hydrogens (primary N) is 1. The number of pyridine rings is 1. The maximum Gasteiger partial charge on any atom is 0.257 e. The van der Waals surface area contributed by atoms with Crippen LogP contribution >= 0.6 is 11.6 Å². The predicted octanol–water partition coefficient (Wildman–Crippen LogP) is 2.83. The van der Waals surface area contributed by atoms with Crippen molar-refractivity contribution < 1.29 is 4.79 Å². The lowest BCUT2D eigenvalue weighted by molar-refractivity contribution is 0.0776. The van der Waals surface area contributed by atoms with Crippen LogP contribution in [0.3, 0.4) is 0 Å². The summed E-state index contributed by atoms with van der Waals surface area (Å²) in [5.74, 6) is 0.445. The number of carbonyl (C=O) groups is 1. The van der Waals surface area contributed by atoms with Gasteiger partial charge < -0.3 is 10.6 Å². The molecule has 2 heterocycles. The molecule has 1 unspecified atom stereocenters. The standard InChI is InChI=1S/C14H20ClN3O/c1-14(2,3)9-4-5-18(8-9)13(19)11-6-10(16)7-17-12(11)15/h6-7,9H,4-5,8,16H2,1-3H3. The maximum atomic E-state index is 12.4. The van der Waals surface area contributed by atoms with Gasteiger partial charge in [-0.15, -0.1) is 0 Å². The van der Waals surface area contributed by atoms with Crippen molar-refractivity contribution in [3.63, 3.8) is 0 Å². The van der Waals surface area contributed by atoms with Crippen LogP contribution in [0.15, 0.2) is 12.3 Å². The lowest BCUT2D eigenvalue weighted by Crippen LogP contribution is -2.31. The predicted molar refractivity (Wildman–Crippen MR) is 77.1 cm³/mol. The Morgan fingerprint density at radius 3 is 2.79 bits per heavy atom. The van der Waals surface area contributed by atoms with E-state index in [1.54, 1.807) is 6.07 Å². The van der Waals surface area contributed by atoms with Crippen LogP contribution in [0.2, 0.25) is 5.15 Å². The summed E-state index contributed by atoms with van der Waals surface area (Å²) >= 11 is 5.98. The van der Waals surface area contributed by atoms with Gasteiger partial charge in [0.15, 0.2) is 0 Å². The molecule has 1 atom stereocenters. The number of halogens is 1. The molecule has 2 N–H and O–H groups in total. The summed E-state index contributed by atoms with van der Waals surface area (Å²) in [7, 11) is 0. The highest BCUT2D eigenvalue weighted by molar-refractivity contribution is 6.32. The smallest absolute Gasteiger partial charge is 0.257 e. The van der Waals surface area contributed by atoms with Gasteiger partial charge in [-0.3, -0.25) is 4.79 Å². The number of anilines is 1. The highest BCUT2D eigenvalue weighted by atomic mass is 35.5. The Kier molecular flexibility index (Phi) is 3.72. The Bertz CT molecular complexity index is 496. The molecular weight excluding hydrogens is 262 g/mol. The van der Waals surface area contributed by atoms with Gasteiger partial charge in [-0.25, -0.2) is 4.98 Å². The van der Waals surface area contributed by atoms with Crippen LogP contribution < -0.4 is 5.73 Å². The van der Waals surface area contributed by atoms with E-state index in [9.17, 15) is 4.79 Å². The molecule has 1 saturated heterocycles. The lowest BCUT2D eigenvalue weighted by atomic mass is 9.80. The van der Waals surface area contributed by atoms with Crippen molar-refractivity contribution in [1.29, 1.82) is 0 Å². The molecule has 1 aliphatic rings. The van der Waals surface area contributed by atoms with Crippen molar-refractivity contribution in [1.82, 2.24) is 9.88 Å². The summed E-state index contributed by atoms with van der Waals surface area (Å²) in [5, 5.41) is 0.221. The molecule has 5 heteroatoms. The number of hydrogen-bond acceptors (Lipinski definition) is 3. The number of aromatic nitrogens is 1. The molecule has 0 radical (unpaired) electrons. The van der Waals surface area contributed by atoms with E-state index in [2.05, 4.69) is 25.8 Å². The first-order valence-electron chi connectivity index (χ1n) is 6.49. The van der Waals surface area contributed by atoms with E-state index in [1.165, 1.54) is 6.20 Å². The van der Waals surface area contributed by atoms with Gasteiger partial charge in [0.05, 0.1) is 17.4 Å². The Morgan fingerprint density at radius 1 is 1.53 bits per heavy atom. The van der Waals surface area contributed by atoms with Gasteiger partial charge in [-0.1, -0.05) is 32.4 Å². The van der Waals surface area contributed by atoms with Crippen molar-refractivity contribution in [3.05, 3.63) is 23.0 Å². The lowest BCUT2D eigenvalue weighted by Gasteiger charge is -2.27. The SMILES string of the molecule is CC(C)(C)C1CCN(C(=O)c2cc(N)cnc2Cl)C1. The van der Waals surface area contributed by atoms with E-state index < -0.39 is 0 Å². The molecule has 1 aromatic rings. The minimum Gasteiger partial charge on any atom is -0.397 e. The van der Waals surface area contributed by atoms with E-state index in [-0.39, 0.29) is 16.5 Å². The van der Waals surface area contributed by atoms with Gasteiger partial charge in [0, 0.05) is 13.1 Å². The van der Waals surface area contributed by atoms with E-state index in [0.717, 1.165) is 19.5 Å². The van der Waals surface area contributed by atoms with Gasteiger partial charge in [0.1, 0.15) is 5.15 Å². The van der Waals surface area contributed by atoms with Crippen LogP contribution in [0.5, 0.6) is 0 Å². The second-order valence-corrected chi connectivity index (χ2v) is 6.57. The molecular formula is C14H20ClN3O. The zero-order valence-electron chi connectivity index (χ0n) is 11.6. The quantitative estimate of drug-likeness (QED) is 0.805. The molecule has 104 valence electrons. The normalized spacial score (nSPS) is 19.8. The number of nitrogen functional groups attached to an aromatic ring is 1. The molecule has 0 bridgehead atoms. The van der Waals surface area contributed by atoms with Crippen LogP contribution in [-0.2, 0) is 0 Å². The number of likely N-dealkylation sites (tertiary alicyclic amines) is 1. The molecule has 1 fully saturated rings. The highest BCUT2D eigenvalue weighted by Crippen LogP contribution is 2.34. The number of rotatable bonds is 1. The number of amides is 1. The fourth-order valence-corrected chi connectivity index (χ4v) is 2.62. The van der Waals surface area contributed by atoms with Crippen LogP contribution in [0, 0.1) is 11.3 Å². The molecule has 0 aliphatic carbocycles. The van der Waals surface area contributed by atoms with Gasteiger partial charge in [0.2, 0.25) is 0 Å². The third kappa shape index (κ3) is 3.00. The van der Waals surface area contributed by atoms with Crippen LogP contribution in [-0.4, -0.2) is 28.9 Å².